The number of nitrogens with zero attached hydrogens (tertiary/aromatic N) is 5. The fourth-order valence-electron chi connectivity index (χ4n) is 1.91. The van der Waals surface area contributed by atoms with Gasteiger partial charge in [0.2, 0.25) is 5.13 Å². The summed E-state index contributed by atoms with van der Waals surface area (Å²) in [5.74, 6) is -0.366. The number of aromatic nitrogens is 5. The predicted octanol–water partition coefficient (Wildman–Crippen LogP) is 2.90. The summed E-state index contributed by atoms with van der Waals surface area (Å²) < 4.78 is 0. The van der Waals surface area contributed by atoms with Gasteiger partial charge in [0.15, 0.2) is 5.69 Å². The normalized spacial score (nSPS) is 10.7. The van der Waals surface area contributed by atoms with Gasteiger partial charge in [0, 0.05) is 5.02 Å². The van der Waals surface area contributed by atoms with Crippen LogP contribution in [0.25, 0.3) is 5.69 Å². The number of benzene rings is 1. The minimum absolute atomic E-state index is 0.234. The molecule has 0 aliphatic rings. The van der Waals surface area contributed by atoms with Crippen molar-refractivity contribution in [1.29, 1.82) is 0 Å². The maximum Gasteiger partial charge on any atom is 0.279 e. The van der Waals surface area contributed by atoms with E-state index in [9.17, 15) is 4.79 Å². The molecule has 0 bridgehead atoms. The fraction of sp³-hybridized carbons (Fsp3) is 0.214. The molecule has 9 heteroatoms. The van der Waals surface area contributed by atoms with Crippen LogP contribution in [-0.4, -0.2) is 31.1 Å². The number of anilines is 1. The summed E-state index contributed by atoms with van der Waals surface area (Å²) in [4.78, 5) is 13.7. The number of amides is 1. The quantitative estimate of drug-likeness (QED) is 0.783. The van der Waals surface area contributed by atoms with Crippen LogP contribution in [0.4, 0.5) is 5.13 Å². The second-order valence-corrected chi connectivity index (χ2v) is 6.21. The minimum atomic E-state index is -0.366. The first-order valence-electron chi connectivity index (χ1n) is 6.90. The minimum Gasteiger partial charge on any atom is -0.295 e. The Balaban J connectivity index is 1.84. The van der Waals surface area contributed by atoms with Crippen LogP contribution in [0.2, 0.25) is 5.02 Å². The van der Waals surface area contributed by atoms with E-state index in [2.05, 4.69) is 25.7 Å². The number of carbonyl (C=O) groups is 1. The van der Waals surface area contributed by atoms with E-state index in [0.717, 1.165) is 11.4 Å². The van der Waals surface area contributed by atoms with Crippen molar-refractivity contribution in [3.63, 3.8) is 0 Å². The van der Waals surface area contributed by atoms with Crippen LogP contribution in [0.5, 0.6) is 0 Å². The Hall–Kier alpha value is -2.32. The molecule has 0 saturated heterocycles. The zero-order valence-electron chi connectivity index (χ0n) is 12.4. The Bertz CT molecular complexity index is 859. The molecule has 3 rings (SSSR count). The predicted molar refractivity (Wildman–Crippen MR) is 88.3 cm³/mol. The number of hydrogen-bond acceptors (Lipinski definition) is 6. The van der Waals surface area contributed by atoms with E-state index in [1.54, 1.807) is 25.1 Å². The van der Waals surface area contributed by atoms with E-state index in [0.29, 0.717) is 21.5 Å². The first-order valence-corrected chi connectivity index (χ1v) is 8.10. The van der Waals surface area contributed by atoms with Crippen LogP contribution in [0, 0.1) is 6.92 Å². The van der Waals surface area contributed by atoms with Gasteiger partial charge in [-0.3, -0.25) is 10.1 Å². The monoisotopic (exact) mass is 348 g/mol. The Labute approximate surface area is 141 Å². The summed E-state index contributed by atoms with van der Waals surface area (Å²) in [6.07, 6.45) is 0.775. The van der Waals surface area contributed by atoms with Gasteiger partial charge >= 0.3 is 0 Å². The lowest BCUT2D eigenvalue weighted by Gasteiger charge is -1.99. The van der Waals surface area contributed by atoms with E-state index in [1.807, 2.05) is 13.0 Å². The molecule has 1 N–H and O–H groups in total. The van der Waals surface area contributed by atoms with Crippen LogP contribution in [0.1, 0.15) is 28.1 Å². The number of rotatable bonds is 4. The summed E-state index contributed by atoms with van der Waals surface area (Å²) in [6, 6.07) is 7.09. The number of aryl methyl sites for hydroxylation is 2. The highest BCUT2D eigenvalue weighted by atomic mass is 35.5. The number of halogens is 1. The summed E-state index contributed by atoms with van der Waals surface area (Å²) in [5.41, 5.74) is 1.43. The summed E-state index contributed by atoms with van der Waals surface area (Å²) in [6.45, 7) is 3.70. The highest BCUT2D eigenvalue weighted by molar-refractivity contribution is 7.15. The van der Waals surface area contributed by atoms with Crippen molar-refractivity contribution < 1.29 is 4.79 Å². The molecule has 2 heterocycles. The van der Waals surface area contributed by atoms with Gasteiger partial charge in [-0.1, -0.05) is 35.9 Å². The molecule has 118 valence electrons. The van der Waals surface area contributed by atoms with E-state index in [4.69, 9.17) is 11.6 Å². The number of carbonyl (C=O) groups excluding carboxylic acids is 1. The zero-order chi connectivity index (χ0) is 16.4. The molecule has 0 atom stereocenters. The lowest BCUT2D eigenvalue weighted by atomic mass is 10.3. The molecule has 3 aromatic rings. The van der Waals surface area contributed by atoms with Crippen LogP contribution in [0.15, 0.2) is 24.3 Å². The topological polar surface area (TPSA) is 85.6 Å². The molecule has 0 spiro atoms. The average molecular weight is 349 g/mol. The van der Waals surface area contributed by atoms with Gasteiger partial charge in [-0.15, -0.1) is 15.3 Å². The molecular weight excluding hydrogens is 336 g/mol. The van der Waals surface area contributed by atoms with Crippen molar-refractivity contribution in [2.75, 3.05) is 5.32 Å². The standard InChI is InChI=1S/C14H13ClN6OS/c1-3-11-17-18-14(23-11)16-13(22)12-8(2)19-21(20-12)10-6-4-5-9(15)7-10/h4-7H,3H2,1-2H3,(H,16,18,22). The first-order chi connectivity index (χ1) is 11.1. The third-order valence-corrected chi connectivity index (χ3v) is 4.24. The second-order valence-electron chi connectivity index (χ2n) is 4.71. The van der Waals surface area contributed by atoms with Crippen molar-refractivity contribution in [3.8, 4) is 5.69 Å². The van der Waals surface area contributed by atoms with Crippen molar-refractivity contribution in [2.24, 2.45) is 0 Å². The molecule has 0 aliphatic heterocycles. The SMILES string of the molecule is CCc1nnc(NC(=O)c2nn(-c3cccc(Cl)c3)nc2C)s1. The van der Waals surface area contributed by atoms with Gasteiger partial charge in [-0.2, -0.15) is 9.90 Å². The molecular formula is C14H13ClN6OS. The molecule has 7 nitrogen and oxygen atoms in total. The Morgan fingerprint density at radius 2 is 2.17 bits per heavy atom. The molecule has 1 amide bonds. The Morgan fingerprint density at radius 1 is 1.35 bits per heavy atom. The fourth-order valence-corrected chi connectivity index (χ4v) is 2.77. The Kier molecular flexibility index (Phi) is 4.35. The maximum absolute atomic E-state index is 12.3. The second kappa shape index (κ2) is 6.43. The molecule has 0 aliphatic carbocycles. The third-order valence-electron chi connectivity index (χ3n) is 3.03. The molecule has 0 radical (unpaired) electrons. The summed E-state index contributed by atoms with van der Waals surface area (Å²) >= 11 is 7.31. The highest BCUT2D eigenvalue weighted by Gasteiger charge is 2.18. The number of hydrogen-bond donors (Lipinski definition) is 1. The van der Waals surface area contributed by atoms with Crippen LogP contribution in [0.3, 0.4) is 0 Å². The van der Waals surface area contributed by atoms with Crippen LogP contribution in [-0.2, 0) is 6.42 Å². The van der Waals surface area contributed by atoms with E-state index >= 15 is 0 Å². The van der Waals surface area contributed by atoms with Crippen molar-refractivity contribution in [3.05, 3.63) is 45.7 Å². The Morgan fingerprint density at radius 3 is 2.87 bits per heavy atom. The molecule has 0 unspecified atom stereocenters. The zero-order valence-corrected chi connectivity index (χ0v) is 14.0. The maximum atomic E-state index is 12.3. The summed E-state index contributed by atoms with van der Waals surface area (Å²) in [7, 11) is 0. The van der Waals surface area contributed by atoms with Gasteiger partial charge < -0.3 is 0 Å². The number of nitrogens with one attached hydrogen (secondary N) is 1. The molecule has 1 aromatic carbocycles. The van der Waals surface area contributed by atoms with Gasteiger partial charge in [0.1, 0.15) is 5.01 Å². The van der Waals surface area contributed by atoms with E-state index in [-0.39, 0.29) is 11.6 Å². The molecule has 2 aromatic heterocycles. The lowest BCUT2D eigenvalue weighted by molar-refractivity contribution is 0.102. The van der Waals surface area contributed by atoms with Gasteiger partial charge in [0.25, 0.3) is 5.91 Å². The molecule has 23 heavy (non-hydrogen) atoms. The van der Waals surface area contributed by atoms with Crippen molar-refractivity contribution in [2.45, 2.75) is 20.3 Å². The average Bonchev–Trinajstić information content (AvgIpc) is 3.13. The lowest BCUT2D eigenvalue weighted by Crippen LogP contribution is -2.14. The molecule has 0 saturated carbocycles. The van der Waals surface area contributed by atoms with Crippen molar-refractivity contribution >= 4 is 34.0 Å². The van der Waals surface area contributed by atoms with Gasteiger partial charge in [0.05, 0.1) is 11.4 Å². The third kappa shape index (κ3) is 3.38. The smallest absolute Gasteiger partial charge is 0.279 e. The molecule has 0 fully saturated rings. The summed E-state index contributed by atoms with van der Waals surface area (Å²) in [5, 5.41) is 21.0. The van der Waals surface area contributed by atoms with Gasteiger partial charge in [-0.25, -0.2) is 0 Å². The highest BCUT2D eigenvalue weighted by Crippen LogP contribution is 2.18. The first kappa shape index (κ1) is 15.6. The van der Waals surface area contributed by atoms with Gasteiger partial charge in [-0.05, 0) is 31.5 Å². The van der Waals surface area contributed by atoms with Crippen LogP contribution < -0.4 is 5.32 Å². The van der Waals surface area contributed by atoms with E-state index < -0.39 is 0 Å². The largest absolute Gasteiger partial charge is 0.295 e. The van der Waals surface area contributed by atoms with Crippen molar-refractivity contribution in [1.82, 2.24) is 25.2 Å². The van der Waals surface area contributed by atoms with E-state index in [1.165, 1.54) is 16.1 Å². The van der Waals surface area contributed by atoms with Crippen LogP contribution >= 0.6 is 22.9 Å².